The fourth-order valence-corrected chi connectivity index (χ4v) is 6.15. The molecule has 4 rings (SSSR count). The number of fused-ring (bicyclic) bond motifs is 2. The second kappa shape index (κ2) is 13.6. The van der Waals surface area contributed by atoms with E-state index in [0.717, 1.165) is 25.7 Å². The van der Waals surface area contributed by atoms with E-state index in [1.807, 2.05) is 24.3 Å². The van der Waals surface area contributed by atoms with E-state index in [0.29, 0.717) is 54.8 Å². The number of hydrogen-bond donors (Lipinski definition) is 2. The minimum Gasteiger partial charge on any atom is -0.493 e. The minimum atomic E-state index is -0.996. The van der Waals surface area contributed by atoms with Crippen LogP contribution in [0.5, 0.6) is 17.2 Å². The monoisotopic (exact) mass is 661 g/mol. The van der Waals surface area contributed by atoms with Crippen molar-refractivity contribution in [2.24, 2.45) is 11.8 Å². The van der Waals surface area contributed by atoms with Gasteiger partial charge in [-0.15, -0.1) is 11.3 Å². The molecule has 224 valence electrons. The Labute approximate surface area is 255 Å². The van der Waals surface area contributed by atoms with Crippen molar-refractivity contribution in [1.29, 1.82) is 0 Å². The molecule has 2 aromatic carbocycles. The zero-order valence-corrected chi connectivity index (χ0v) is 25.9. The Morgan fingerprint density at radius 2 is 1.48 bits per heavy atom. The summed E-state index contributed by atoms with van der Waals surface area (Å²) in [6.45, 7) is 4.54. The van der Waals surface area contributed by atoms with E-state index in [1.54, 1.807) is 18.1 Å². The standard InChI is InChI=1S/C30H32BrNO9S/c1-16(29(35)36)7-22(33)27-12-18-9-23(21(31)13-26(18)42-27)40-5-4-6-41-25-11-20-15-32(14-19(20)10-24(25)39-3)28(34)8-17(2)30(37)38/h9-13,16-17H,4-8,14-15H2,1-3H3,(H,35,36)(H,37,38)/t16-,17-/m0/s1. The molecule has 1 aromatic heterocycles. The van der Waals surface area contributed by atoms with Crippen LogP contribution in [0.2, 0.25) is 0 Å². The van der Waals surface area contributed by atoms with E-state index in [-0.39, 0.29) is 24.5 Å². The average molecular weight is 663 g/mol. The molecule has 0 unspecified atom stereocenters. The fraction of sp³-hybridized carbons (Fsp3) is 0.400. The number of thiophene rings is 1. The smallest absolute Gasteiger partial charge is 0.306 e. The Hall–Kier alpha value is -3.64. The summed E-state index contributed by atoms with van der Waals surface area (Å²) in [6.07, 6.45) is 0.470. The SMILES string of the molecule is COc1cc2c(cc1OCCCOc1cc3cc(C(=O)C[C@H](C)C(=O)O)sc3cc1Br)CN(C(=O)C[C@H](C)C(=O)O)C2. The van der Waals surface area contributed by atoms with E-state index in [2.05, 4.69) is 15.9 Å². The van der Waals surface area contributed by atoms with Crippen molar-refractivity contribution in [3.8, 4) is 17.2 Å². The second-order valence-corrected chi connectivity index (χ2v) is 12.3. The Balaban J connectivity index is 1.31. The lowest BCUT2D eigenvalue weighted by molar-refractivity contribution is -0.145. The molecular weight excluding hydrogens is 630 g/mol. The van der Waals surface area contributed by atoms with E-state index in [1.165, 1.54) is 25.2 Å². The number of benzene rings is 2. The number of amides is 1. The van der Waals surface area contributed by atoms with Crippen LogP contribution in [-0.2, 0) is 27.5 Å². The highest BCUT2D eigenvalue weighted by atomic mass is 79.9. The van der Waals surface area contributed by atoms with Gasteiger partial charge in [0.05, 0.1) is 41.5 Å². The summed E-state index contributed by atoms with van der Waals surface area (Å²) < 4.78 is 19.1. The Bertz CT molecular complexity index is 1520. The second-order valence-electron chi connectivity index (χ2n) is 10.3. The van der Waals surface area contributed by atoms with Crippen LogP contribution in [0, 0.1) is 11.8 Å². The van der Waals surface area contributed by atoms with Gasteiger partial charge in [0.2, 0.25) is 5.91 Å². The third-order valence-electron chi connectivity index (χ3n) is 7.03. The zero-order chi connectivity index (χ0) is 30.6. The predicted octanol–water partition coefficient (Wildman–Crippen LogP) is 5.77. The maximum atomic E-state index is 12.6. The predicted molar refractivity (Wildman–Crippen MR) is 160 cm³/mol. The minimum absolute atomic E-state index is 0.0510. The molecule has 3 aromatic rings. The first-order valence-corrected chi connectivity index (χ1v) is 15.0. The van der Waals surface area contributed by atoms with Gasteiger partial charge in [0.1, 0.15) is 5.75 Å². The van der Waals surface area contributed by atoms with Crippen LogP contribution in [0.25, 0.3) is 10.1 Å². The summed E-state index contributed by atoms with van der Waals surface area (Å²) in [5.41, 5.74) is 1.87. The van der Waals surface area contributed by atoms with Crippen LogP contribution >= 0.6 is 27.3 Å². The lowest BCUT2D eigenvalue weighted by Crippen LogP contribution is -2.28. The lowest BCUT2D eigenvalue weighted by Gasteiger charge is -2.16. The molecule has 10 nitrogen and oxygen atoms in total. The summed E-state index contributed by atoms with van der Waals surface area (Å²) in [7, 11) is 1.55. The normalized spacial score (nSPS) is 13.9. The van der Waals surface area contributed by atoms with Gasteiger partial charge < -0.3 is 29.3 Å². The van der Waals surface area contributed by atoms with Gasteiger partial charge in [0.25, 0.3) is 0 Å². The maximum Gasteiger partial charge on any atom is 0.306 e. The number of carboxylic acid groups (broad SMARTS) is 2. The Kier molecular flexibility index (Phi) is 10.1. The number of halogens is 1. The van der Waals surface area contributed by atoms with Crippen molar-refractivity contribution in [1.82, 2.24) is 4.90 Å². The number of carbonyl (C=O) groups is 4. The summed E-state index contributed by atoms with van der Waals surface area (Å²) in [6, 6.07) is 9.21. The van der Waals surface area contributed by atoms with E-state index in [4.69, 9.17) is 24.4 Å². The van der Waals surface area contributed by atoms with Gasteiger partial charge in [-0.25, -0.2) is 0 Å². The molecular formula is C30H32BrNO9S. The topological polar surface area (TPSA) is 140 Å². The highest BCUT2D eigenvalue weighted by Gasteiger charge is 2.28. The first-order chi connectivity index (χ1) is 20.0. The van der Waals surface area contributed by atoms with Crippen LogP contribution in [0.1, 0.15) is 53.9 Å². The molecule has 1 aliphatic heterocycles. The first kappa shape index (κ1) is 31.3. The van der Waals surface area contributed by atoms with Gasteiger partial charge in [-0.3, -0.25) is 19.2 Å². The molecule has 0 radical (unpaired) electrons. The molecule has 2 N–H and O–H groups in total. The highest BCUT2D eigenvalue weighted by molar-refractivity contribution is 9.10. The molecule has 0 saturated heterocycles. The third kappa shape index (κ3) is 7.40. The molecule has 2 atom stereocenters. The number of ether oxygens (including phenoxy) is 3. The van der Waals surface area contributed by atoms with Crippen molar-refractivity contribution in [2.75, 3.05) is 20.3 Å². The summed E-state index contributed by atoms with van der Waals surface area (Å²) in [5, 5.41) is 19.0. The van der Waals surface area contributed by atoms with Gasteiger partial charge in [0, 0.05) is 37.1 Å². The van der Waals surface area contributed by atoms with Gasteiger partial charge in [-0.05, 0) is 62.8 Å². The van der Waals surface area contributed by atoms with Crippen LogP contribution in [-0.4, -0.2) is 59.1 Å². The number of carboxylic acids is 2. The number of methoxy groups -OCH3 is 1. The highest BCUT2D eigenvalue weighted by Crippen LogP contribution is 2.37. The van der Waals surface area contributed by atoms with Gasteiger partial charge in [0.15, 0.2) is 17.3 Å². The number of nitrogens with zero attached hydrogens (tertiary/aromatic N) is 1. The van der Waals surface area contributed by atoms with Crippen molar-refractivity contribution in [3.05, 3.63) is 50.8 Å². The van der Waals surface area contributed by atoms with Crippen molar-refractivity contribution < 1.29 is 43.6 Å². The van der Waals surface area contributed by atoms with Crippen molar-refractivity contribution >= 4 is 61.0 Å². The summed E-state index contributed by atoms with van der Waals surface area (Å²) in [4.78, 5) is 49.5. The quantitative estimate of drug-likeness (QED) is 0.163. The number of aliphatic carboxylic acids is 2. The molecule has 0 spiro atoms. The number of rotatable bonds is 14. The molecule has 0 bridgehead atoms. The molecule has 0 fully saturated rings. The van der Waals surface area contributed by atoms with Crippen LogP contribution in [0.3, 0.4) is 0 Å². The number of ketones is 1. The fourth-order valence-electron chi connectivity index (χ4n) is 4.51. The maximum absolute atomic E-state index is 12.6. The number of hydrogen-bond acceptors (Lipinski definition) is 8. The largest absolute Gasteiger partial charge is 0.493 e. The molecule has 12 heteroatoms. The molecule has 0 saturated carbocycles. The molecule has 0 aliphatic carbocycles. The van der Waals surface area contributed by atoms with E-state index in [9.17, 15) is 19.2 Å². The number of Topliss-reactive ketones (excluding diaryl/α,β-unsaturated/α-hetero) is 1. The van der Waals surface area contributed by atoms with Crippen LogP contribution < -0.4 is 14.2 Å². The molecule has 1 amide bonds. The average Bonchev–Trinajstić information content (AvgIpc) is 3.55. The van der Waals surface area contributed by atoms with Crippen molar-refractivity contribution in [3.63, 3.8) is 0 Å². The van der Waals surface area contributed by atoms with Crippen LogP contribution in [0.4, 0.5) is 0 Å². The number of carbonyl (C=O) groups excluding carboxylic acids is 2. The Morgan fingerprint density at radius 3 is 2.10 bits per heavy atom. The van der Waals surface area contributed by atoms with Gasteiger partial charge in [-0.2, -0.15) is 0 Å². The van der Waals surface area contributed by atoms with Gasteiger partial charge >= 0.3 is 11.9 Å². The molecule has 1 aliphatic rings. The van der Waals surface area contributed by atoms with Gasteiger partial charge in [-0.1, -0.05) is 13.8 Å². The summed E-state index contributed by atoms with van der Waals surface area (Å²) in [5.74, 6) is -2.16. The Morgan fingerprint density at radius 1 is 0.881 bits per heavy atom. The first-order valence-electron chi connectivity index (χ1n) is 13.4. The van der Waals surface area contributed by atoms with E-state index < -0.39 is 23.8 Å². The summed E-state index contributed by atoms with van der Waals surface area (Å²) >= 11 is 4.85. The van der Waals surface area contributed by atoms with E-state index >= 15 is 0 Å². The van der Waals surface area contributed by atoms with Crippen molar-refractivity contribution in [2.45, 2.75) is 46.2 Å². The lowest BCUT2D eigenvalue weighted by atomic mass is 10.0. The molecule has 42 heavy (non-hydrogen) atoms. The third-order valence-corrected chi connectivity index (χ3v) is 8.78. The zero-order valence-electron chi connectivity index (χ0n) is 23.5. The molecule has 2 heterocycles. The van der Waals surface area contributed by atoms with Crippen LogP contribution in [0.15, 0.2) is 34.8 Å².